The fraction of sp³-hybridized carbons (Fsp3) is 1.00. The van der Waals surface area contributed by atoms with E-state index in [0.29, 0.717) is 6.61 Å². The number of hydrogen-bond donors (Lipinski definition) is 3. The van der Waals surface area contributed by atoms with Crippen molar-refractivity contribution in [3.05, 3.63) is 0 Å². The maximum atomic E-state index is 9.92. The molecule has 156 valence electrons. The van der Waals surface area contributed by atoms with Crippen molar-refractivity contribution in [2.24, 2.45) is 0 Å². The summed E-state index contributed by atoms with van der Waals surface area (Å²) in [5, 5.41) is 29.0. The minimum Gasteiger partial charge on any atom is -0.388 e. The Kier molecular flexibility index (Phi) is 14.5. The predicted molar refractivity (Wildman–Crippen MR) is 104 cm³/mol. The van der Waals surface area contributed by atoms with E-state index in [1.807, 2.05) is 0 Å². The maximum Gasteiger partial charge on any atom is 0.114 e. The first-order valence-electron chi connectivity index (χ1n) is 10.9. The van der Waals surface area contributed by atoms with Gasteiger partial charge in [0.25, 0.3) is 0 Å². The summed E-state index contributed by atoms with van der Waals surface area (Å²) < 4.78 is 10.7. The van der Waals surface area contributed by atoms with Gasteiger partial charge in [0, 0.05) is 6.61 Å². The molecule has 1 aliphatic heterocycles. The predicted octanol–water partition coefficient (Wildman–Crippen LogP) is 3.58. The normalized spacial score (nSPS) is 24.2. The molecule has 1 aliphatic rings. The summed E-state index contributed by atoms with van der Waals surface area (Å²) in [6, 6.07) is 0. The van der Waals surface area contributed by atoms with E-state index in [0.717, 1.165) is 12.8 Å². The van der Waals surface area contributed by atoms with Crippen LogP contribution in [0.3, 0.4) is 0 Å². The van der Waals surface area contributed by atoms with Gasteiger partial charge in [-0.2, -0.15) is 0 Å². The van der Waals surface area contributed by atoms with E-state index in [4.69, 9.17) is 9.47 Å². The van der Waals surface area contributed by atoms with Gasteiger partial charge in [-0.3, -0.25) is 0 Å². The number of aliphatic hydroxyl groups excluding tert-OH is 3. The van der Waals surface area contributed by atoms with E-state index >= 15 is 0 Å². The van der Waals surface area contributed by atoms with E-state index in [2.05, 4.69) is 6.92 Å². The van der Waals surface area contributed by atoms with Gasteiger partial charge < -0.3 is 24.8 Å². The molecule has 0 spiro atoms. The third-order valence-electron chi connectivity index (χ3n) is 5.25. The van der Waals surface area contributed by atoms with Crippen LogP contribution in [-0.2, 0) is 9.47 Å². The lowest BCUT2D eigenvalue weighted by Gasteiger charge is -2.20. The molecule has 0 aliphatic carbocycles. The first kappa shape index (κ1) is 23.8. The van der Waals surface area contributed by atoms with Gasteiger partial charge in [-0.15, -0.1) is 0 Å². The topological polar surface area (TPSA) is 79.2 Å². The third-order valence-corrected chi connectivity index (χ3v) is 5.25. The van der Waals surface area contributed by atoms with Crippen LogP contribution in [0.2, 0.25) is 0 Å². The van der Waals surface area contributed by atoms with Crippen LogP contribution in [0.4, 0.5) is 0 Å². The molecule has 3 N–H and O–H groups in total. The minimum atomic E-state index is -1.02. The Bertz CT molecular complexity index is 313. The average Bonchev–Trinajstić information content (AvgIpc) is 2.97. The first-order chi connectivity index (χ1) is 12.7. The molecule has 5 heteroatoms. The Balaban J connectivity index is 1.78. The molecular weight excluding hydrogens is 332 g/mol. The molecule has 0 aromatic heterocycles. The zero-order valence-corrected chi connectivity index (χ0v) is 16.8. The van der Waals surface area contributed by atoms with Gasteiger partial charge in [0.05, 0.1) is 13.2 Å². The molecule has 0 amide bonds. The average molecular weight is 375 g/mol. The van der Waals surface area contributed by atoms with Crippen molar-refractivity contribution in [1.82, 2.24) is 0 Å². The summed E-state index contributed by atoms with van der Waals surface area (Å²) in [4.78, 5) is 0. The maximum absolute atomic E-state index is 9.92. The fourth-order valence-electron chi connectivity index (χ4n) is 3.49. The Morgan fingerprint density at radius 2 is 1.35 bits per heavy atom. The van der Waals surface area contributed by atoms with Crippen molar-refractivity contribution in [2.45, 2.75) is 115 Å². The minimum absolute atomic E-state index is 0.0712. The largest absolute Gasteiger partial charge is 0.388 e. The summed E-state index contributed by atoms with van der Waals surface area (Å²) in [7, 11) is 0. The van der Waals surface area contributed by atoms with Crippen molar-refractivity contribution in [3.63, 3.8) is 0 Å². The van der Waals surface area contributed by atoms with Gasteiger partial charge in [0.1, 0.15) is 24.4 Å². The van der Waals surface area contributed by atoms with Gasteiger partial charge in [-0.05, 0) is 6.42 Å². The molecular formula is C21H42O5. The molecule has 5 nitrogen and oxygen atoms in total. The van der Waals surface area contributed by atoms with Crippen LogP contribution in [0.1, 0.15) is 90.4 Å². The van der Waals surface area contributed by atoms with Gasteiger partial charge in [0.2, 0.25) is 0 Å². The molecule has 1 heterocycles. The standard InChI is InChI=1S/C21H42O5/c1-2-3-4-5-6-7-8-9-10-11-12-13-14-15-25-16-19(23)21-20(24)18(22)17-26-21/h18-24H,2-17H2,1H3/t18-,19+,20-,21-/m1/s1. The Morgan fingerprint density at radius 1 is 0.846 bits per heavy atom. The molecule has 4 atom stereocenters. The van der Waals surface area contributed by atoms with Crippen molar-refractivity contribution < 1.29 is 24.8 Å². The number of hydrogen-bond acceptors (Lipinski definition) is 5. The number of rotatable bonds is 17. The molecule has 1 rings (SSSR count). The van der Waals surface area contributed by atoms with Crippen molar-refractivity contribution in [3.8, 4) is 0 Å². The molecule has 1 saturated heterocycles. The van der Waals surface area contributed by atoms with Crippen LogP contribution in [0.5, 0.6) is 0 Å². The highest BCUT2D eigenvalue weighted by Crippen LogP contribution is 2.18. The summed E-state index contributed by atoms with van der Waals surface area (Å²) >= 11 is 0. The van der Waals surface area contributed by atoms with Gasteiger partial charge in [-0.25, -0.2) is 0 Å². The van der Waals surface area contributed by atoms with Crippen LogP contribution in [-0.4, -0.2) is 59.6 Å². The fourth-order valence-corrected chi connectivity index (χ4v) is 3.49. The number of unbranched alkanes of at least 4 members (excludes halogenated alkanes) is 12. The molecule has 0 bridgehead atoms. The van der Waals surface area contributed by atoms with Crippen LogP contribution < -0.4 is 0 Å². The second-order valence-corrected chi connectivity index (χ2v) is 7.74. The highest BCUT2D eigenvalue weighted by Gasteiger charge is 2.39. The third kappa shape index (κ3) is 10.8. The van der Waals surface area contributed by atoms with E-state index in [1.54, 1.807) is 0 Å². The van der Waals surface area contributed by atoms with Crippen molar-refractivity contribution in [2.75, 3.05) is 19.8 Å². The second kappa shape index (κ2) is 15.8. The van der Waals surface area contributed by atoms with Crippen LogP contribution >= 0.6 is 0 Å². The first-order valence-corrected chi connectivity index (χ1v) is 10.9. The lowest BCUT2D eigenvalue weighted by Crippen LogP contribution is -2.40. The summed E-state index contributed by atoms with van der Waals surface area (Å²) in [5.74, 6) is 0. The molecule has 0 radical (unpaired) electrons. The van der Waals surface area contributed by atoms with E-state index < -0.39 is 24.4 Å². The van der Waals surface area contributed by atoms with Crippen LogP contribution in [0.25, 0.3) is 0 Å². The Morgan fingerprint density at radius 3 is 1.81 bits per heavy atom. The lowest BCUT2D eigenvalue weighted by molar-refractivity contribution is -0.0813. The number of ether oxygens (including phenoxy) is 2. The zero-order chi connectivity index (χ0) is 19.0. The molecule has 0 aromatic rings. The second-order valence-electron chi connectivity index (χ2n) is 7.74. The van der Waals surface area contributed by atoms with Crippen LogP contribution in [0.15, 0.2) is 0 Å². The van der Waals surface area contributed by atoms with Crippen molar-refractivity contribution >= 4 is 0 Å². The zero-order valence-electron chi connectivity index (χ0n) is 16.8. The van der Waals surface area contributed by atoms with Crippen LogP contribution in [0, 0.1) is 0 Å². The summed E-state index contributed by atoms with van der Waals surface area (Å²) in [5.41, 5.74) is 0. The molecule has 26 heavy (non-hydrogen) atoms. The molecule has 0 saturated carbocycles. The quantitative estimate of drug-likeness (QED) is 0.339. The Hall–Kier alpha value is -0.200. The highest BCUT2D eigenvalue weighted by atomic mass is 16.5. The van der Waals surface area contributed by atoms with Gasteiger partial charge >= 0.3 is 0 Å². The monoisotopic (exact) mass is 374 g/mol. The molecule has 0 aromatic carbocycles. The van der Waals surface area contributed by atoms with E-state index in [9.17, 15) is 15.3 Å². The summed E-state index contributed by atoms with van der Waals surface area (Å²) in [6.45, 7) is 3.10. The highest BCUT2D eigenvalue weighted by molar-refractivity contribution is 4.87. The van der Waals surface area contributed by atoms with Gasteiger partial charge in [-0.1, -0.05) is 84.0 Å². The van der Waals surface area contributed by atoms with Crippen molar-refractivity contribution in [1.29, 1.82) is 0 Å². The molecule has 1 fully saturated rings. The number of aliphatic hydroxyl groups is 3. The lowest BCUT2D eigenvalue weighted by atomic mass is 10.0. The molecule has 0 unspecified atom stereocenters. The Labute approximate surface area is 160 Å². The van der Waals surface area contributed by atoms with Gasteiger partial charge in [0.15, 0.2) is 0 Å². The smallest absolute Gasteiger partial charge is 0.114 e. The van der Waals surface area contributed by atoms with E-state index in [-0.39, 0.29) is 13.2 Å². The summed E-state index contributed by atoms with van der Waals surface area (Å²) in [6.07, 6.45) is 13.6. The van der Waals surface area contributed by atoms with E-state index in [1.165, 1.54) is 70.6 Å². The SMILES string of the molecule is CCCCCCCCCCCCCCCOC[C@H](O)[C@H]1OC[C@@H](O)[C@H]1O.